The van der Waals surface area contributed by atoms with E-state index in [0.29, 0.717) is 12.4 Å². The fourth-order valence-electron chi connectivity index (χ4n) is 1.88. The van der Waals surface area contributed by atoms with Gasteiger partial charge in [-0.1, -0.05) is 45.0 Å². The van der Waals surface area contributed by atoms with E-state index in [4.69, 9.17) is 10.5 Å². The van der Waals surface area contributed by atoms with Crippen molar-refractivity contribution in [2.45, 2.75) is 33.4 Å². The van der Waals surface area contributed by atoms with E-state index in [1.165, 1.54) is 0 Å². The van der Waals surface area contributed by atoms with Crippen molar-refractivity contribution in [1.29, 1.82) is 0 Å². The van der Waals surface area contributed by atoms with Gasteiger partial charge in [0.15, 0.2) is 0 Å². The molecule has 0 aliphatic carbocycles. The van der Waals surface area contributed by atoms with Crippen LogP contribution < -0.4 is 15.8 Å². The summed E-state index contributed by atoms with van der Waals surface area (Å²) >= 11 is 0. The Morgan fingerprint density at radius 2 is 1.91 bits per heavy atom. The SMILES string of the molecule is CC(C)(C)[C@H](N)C(=O)NCc1ccc(Oc2ccccc2)nc1. The summed E-state index contributed by atoms with van der Waals surface area (Å²) < 4.78 is 5.62. The van der Waals surface area contributed by atoms with Crippen molar-refractivity contribution < 1.29 is 9.53 Å². The zero-order chi connectivity index (χ0) is 16.9. The van der Waals surface area contributed by atoms with Crippen LogP contribution in [-0.2, 0) is 11.3 Å². The van der Waals surface area contributed by atoms with Crippen molar-refractivity contribution in [2.75, 3.05) is 0 Å². The molecule has 1 atom stereocenters. The van der Waals surface area contributed by atoms with Crippen molar-refractivity contribution >= 4 is 5.91 Å². The van der Waals surface area contributed by atoms with Gasteiger partial charge < -0.3 is 15.8 Å². The predicted octanol–water partition coefficient (Wildman–Crippen LogP) is 2.86. The summed E-state index contributed by atoms with van der Waals surface area (Å²) in [6.45, 7) is 6.21. The third-order valence-corrected chi connectivity index (χ3v) is 3.45. The van der Waals surface area contributed by atoms with Crippen molar-refractivity contribution in [1.82, 2.24) is 10.3 Å². The Bertz CT molecular complexity index is 634. The van der Waals surface area contributed by atoms with Gasteiger partial charge in [0, 0.05) is 18.8 Å². The van der Waals surface area contributed by atoms with Crippen molar-refractivity contribution in [3.05, 3.63) is 54.2 Å². The maximum atomic E-state index is 12.0. The van der Waals surface area contributed by atoms with Gasteiger partial charge in [-0.2, -0.15) is 0 Å². The average Bonchev–Trinajstić information content (AvgIpc) is 2.53. The van der Waals surface area contributed by atoms with Crippen LogP contribution in [0.15, 0.2) is 48.7 Å². The number of rotatable bonds is 5. The molecule has 2 rings (SSSR count). The molecule has 0 spiro atoms. The molecule has 0 unspecified atom stereocenters. The number of ether oxygens (including phenoxy) is 1. The number of hydrogen-bond acceptors (Lipinski definition) is 4. The topological polar surface area (TPSA) is 77.2 Å². The Hall–Kier alpha value is -2.40. The highest BCUT2D eigenvalue weighted by Crippen LogP contribution is 2.19. The lowest BCUT2D eigenvalue weighted by atomic mass is 9.87. The van der Waals surface area contributed by atoms with Crippen LogP contribution in [0.25, 0.3) is 0 Å². The molecule has 2 aromatic rings. The maximum Gasteiger partial charge on any atom is 0.237 e. The third kappa shape index (κ3) is 5.07. The molecule has 0 aliphatic rings. The molecular formula is C18H23N3O2. The van der Waals surface area contributed by atoms with Gasteiger partial charge in [-0.25, -0.2) is 4.98 Å². The molecular weight excluding hydrogens is 290 g/mol. The van der Waals surface area contributed by atoms with E-state index in [1.807, 2.05) is 57.2 Å². The molecule has 23 heavy (non-hydrogen) atoms. The van der Waals surface area contributed by atoms with Gasteiger partial charge in [0.2, 0.25) is 11.8 Å². The summed E-state index contributed by atoms with van der Waals surface area (Å²) in [7, 11) is 0. The number of para-hydroxylation sites is 1. The minimum absolute atomic E-state index is 0.165. The highest BCUT2D eigenvalue weighted by Gasteiger charge is 2.27. The second kappa shape index (κ2) is 7.24. The monoisotopic (exact) mass is 313 g/mol. The fourth-order valence-corrected chi connectivity index (χ4v) is 1.88. The van der Waals surface area contributed by atoms with Crippen LogP contribution in [0.2, 0.25) is 0 Å². The normalized spacial score (nSPS) is 12.5. The second-order valence-electron chi connectivity index (χ2n) is 6.48. The largest absolute Gasteiger partial charge is 0.439 e. The molecule has 1 aromatic heterocycles. The Morgan fingerprint density at radius 1 is 1.22 bits per heavy atom. The standard InChI is InChI=1S/C18H23N3O2/c1-18(2,3)16(19)17(22)21-12-13-9-10-15(20-11-13)23-14-7-5-4-6-8-14/h4-11,16H,12,19H2,1-3H3,(H,21,22)/t16-/m1/s1. The van der Waals surface area contributed by atoms with Gasteiger partial charge in [-0.05, 0) is 23.1 Å². The Balaban J connectivity index is 1.89. The second-order valence-corrected chi connectivity index (χ2v) is 6.48. The van der Waals surface area contributed by atoms with Crippen LogP contribution in [0.5, 0.6) is 11.6 Å². The number of carbonyl (C=O) groups excluding carboxylic acids is 1. The van der Waals surface area contributed by atoms with E-state index in [9.17, 15) is 4.79 Å². The van der Waals surface area contributed by atoms with Crippen molar-refractivity contribution in [3.63, 3.8) is 0 Å². The smallest absolute Gasteiger partial charge is 0.237 e. The zero-order valence-corrected chi connectivity index (χ0v) is 13.7. The first-order valence-electron chi connectivity index (χ1n) is 7.57. The summed E-state index contributed by atoms with van der Waals surface area (Å²) in [5.41, 5.74) is 6.54. The molecule has 0 bridgehead atoms. The number of carbonyl (C=O) groups is 1. The van der Waals surface area contributed by atoms with Crippen LogP contribution >= 0.6 is 0 Å². The number of nitrogens with zero attached hydrogens (tertiary/aromatic N) is 1. The Kier molecular flexibility index (Phi) is 5.34. The van der Waals surface area contributed by atoms with Crippen LogP contribution in [0, 0.1) is 5.41 Å². The minimum atomic E-state index is -0.545. The predicted molar refractivity (Wildman–Crippen MR) is 90.0 cm³/mol. The van der Waals surface area contributed by atoms with Crippen molar-refractivity contribution in [3.8, 4) is 11.6 Å². The zero-order valence-electron chi connectivity index (χ0n) is 13.7. The maximum absolute atomic E-state index is 12.0. The van der Waals surface area contributed by atoms with Crippen molar-refractivity contribution in [2.24, 2.45) is 11.1 Å². The highest BCUT2D eigenvalue weighted by molar-refractivity contribution is 5.82. The van der Waals surface area contributed by atoms with Gasteiger partial charge in [-0.3, -0.25) is 4.79 Å². The van der Waals surface area contributed by atoms with E-state index in [-0.39, 0.29) is 11.3 Å². The number of pyridine rings is 1. The summed E-state index contributed by atoms with van der Waals surface area (Å²) in [5.74, 6) is 1.08. The van der Waals surface area contributed by atoms with Crippen LogP contribution in [0.3, 0.4) is 0 Å². The van der Waals surface area contributed by atoms with Crippen LogP contribution in [-0.4, -0.2) is 16.9 Å². The summed E-state index contributed by atoms with van der Waals surface area (Å²) in [4.78, 5) is 16.2. The lowest BCUT2D eigenvalue weighted by molar-refractivity contribution is -0.124. The average molecular weight is 313 g/mol. The fraction of sp³-hybridized carbons (Fsp3) is 0.333. The number of aromatic nitrogens is 1. The Morgan fingerprint density at radius 3 is 2.48 bits per heavy atom. The molecule has 1 amide bonds. The molecule has 5 heteroatoms. The molecule has 0 saturated carbocycles. The first kappa shape index (κ1) is 17.0. The first-order chi connectivity index (χ1) is 10.9. The van der Waals surface area contributed by atoms with Gasteiger partial charge >= 0.3 is 0 Å². The molecule has 5 nitrogen and oxygen atoms in total. The van der Waals surface area contributed by atoms with E-state index >= 15 is 0 Å². The molecule has 1 heterocycles. The molecule has 0 radical (unpaired) electrons. The van der Waals surface area contributed by atoms with Crippen LogP contribution in [0.1, 0.15) is 26.3 Å². The van der Waals surface area contributed by atoms with Crippen LogP contribution in [0.4, 0.5) is 0 Å². The molecule has 0 saturated heterocycles. The molecule has 3 N–H and O–H groups in total. The third-order valence-electron chi connectivity index (χ3n) is 3.45. The highest BCUT2D eigenvalue weighted by atomic mass is 16.5. The number of nitrogens with one attached hydrogen (secondary N) is 1. The van der Waals surface area contributed by atoms with Gasteiger partial charge in [-0.15, -0.1) is 0 Å². The van der Waals surface area contributed by atoms with E-state index in [0.717, 1.165) is 11.3 Å². The lowest BCUT2D eigenvalue weighted by Gasteiger charge is -2.25. The minimum Gasteiger partial charge on any atom is -0.439 e. The molecule has 122 valence electrons. The molecule has 0 aliphatic heterocycles. The van der Waals surface area contributed by atoms with Gasteiger partial charge in [0.1, 0.15) is 5.75 Å². The Labute approximate surface area is 136 Å². The molecule has 0 fully saturated rings. The van der Waals surface area contributed by atoms with Gasteiger partial charge in [0.05, 0.1) is 6.04 Å². The van der Waals surface area contributed by atoms with Gasteiger partial charge in [0.25, 0.3) is 0 Å². The summed E-state index contributed by atoms with van der Waals surface area (Å²) in [6, 6.07) is 12.6. The first-order valence-corrected chi connectivity index (χ1v) is 7.57. The number of amides is 1. The van der Waals surface area contributed by atoms with E-state index < -0.39 is 6.04 Å². The summed E-state index contributed by atoms with van der Waals surface area (Å²) in [6.07, 6.45) is 1.68. The summed E-state index contributed by atoms with van der Waals surface area (Å²) in [5, 5.41) is 2.83. The van der Waals surface area contributed by atoms with E-state index in [2.05, 4.69) is 10.3 Å². The number of hydrogen-bond donors (Lipinski definition) is 2. The quantitative estimate of drug-likeness (QED) is 0.890. The number of benzene rings is 1. The molecule has 1 aromatic carbocycles. The van der Waals surface area contributed by atoms with E-state index in [1.54, 1.807) is 12.3 Å². The number of nitrogens with two attached hydrogens (primary N) is 1. The lowest BCUT2D eigenvalue weighted by Crippen LogP contribution is -2.48.